The third kappa shape index (κ3) is 2.78. The molecule has 1 N–H and O–H groups in total. The van der Waals surface area contributed by atoms with E-state index in [0.29, 0.717) is 6.42 Å². The molecule has 0 atom stereocenters. The van der Waals surface area contributed by atoms with E-state index in [1.807, 2.05) is 6.92 Å². The number of carbonyl (C=O) groups is 1. The van der Waals surface area contributed by atoms with Gasteiger partial charge in [0.25, 0.3) is 0 Å². The molecule has 0 amide bonds. The number of aromatic nitrogens is 3. The molecule has 15 heavy (non-hydrogen) atoms. The van der Waals surface area contributed by atoms with Crippen molar-refractivity contribution in [3.63, 3.8) is 0 Å². The van der Waals surface area contributed by atoms with Crippen LogP contribution >= 0.6 is 0 Å². The van der Waals surface area contributed by atoms with Crippen molar-refractivity contribution in [1.29, 1.82) is 0 Å². The van der Waals surface area contributed by atoms with E-state index in [-0.39, 0.29) is 0 Å². The quantitative estimate of drug-likeness (QED) is 0.798. The molecule has 1 rings (SSSR count). The molecule has 84 valence electrons. The van der Waals surface area contributed by atoms with Crippen LogP contribution in [0.2, 0.25) is 0 Å². The number of nitrogens with zero attached hydrogens (tertiary/aromatic N) is 3. The third-order valence-corrected chi connectivity index (χ3v) is 2.31. The maximum Gasteiger partial charge on any atom is 0.309 e. The lowest BCUT2D eigenvalue weighted by molar-refractivity contribution is -0.146. The second kappa shape index (κ2) is 4.42. The van der Waals surface area contributed by atoms with E-state index in [0.717, 1.165) is 18.8 Å². The molecule has 1 aromatic heterocycles. The molecule has 1 heterocycles. The smallest absolute Gasteiger partial charge is 0.309 e. The maximum atomic E-state index is 11.0. The minimum Gasteiger partial charge on any atom is -0.481 e. The summed E-state index contributed by atoms with van der Waals surface area (Å²) in [4.78, 5) is 15.0. The van der Waals surface area contributed by atoms with Gasteiger partial charge in [0, 0.05) is 13.0 Å². The van der Waals surface area contributed by atoms with Crippen LogP contribution in [0, 0.1) is 5.41 Å². The van der Waals surface area contributed by atoms with Crippen LogP contribution in [0.4, 0.5) is 0 Å². The Morgan fingerprint density at radius 3 is 2.80 bits per heavy atom. The Hall–Kier alpha value is -1.39. The Labute approximate surface area is 89.1 Å². The molecule has 0 radical (unpaired) electrons. The van der Waals surface area contributed by atoms with Crippen LogP contribution in [0.15, 0.2) is 6.33 Å². The average molecular weight is 211 g/mol. The van der Waals surface area contributed by atoms with Gasteiger partial charge in [-0.15, -0.1) is 0 Å². The zero-order valence-electron chi connectivity index (χ0n) is 9.40. The molecule has 0 aliphatic heterocycles. The highest BCUT2D eigenvalue weighted by atomic mass is 16.4. The van der Waals surface area contributed by atoms with Crippen molar-refractivity contribution in [3.05, 3.63) is 12.2 Å². The van der Waals surface area contributed by atoms with Crippen molar-refractivity contribution < 1.29 is 9.90 Å². The number of aliphatic carboxylic acids is 1. The van der Waals surface area contributed by atoms with Crippen molar-refractivity contribution in [2.24, 2.45) is 5.41 Å². The first kappa shape index (κ1) is 11.7. The first-order valence-corrected chi connectivity index (χ1v) is 5.07. The summed E-state index contributed by atoms with van der Waals surface area (Å²) in [7, 11) is 0. The second-order valence-corrected chi connectivity index (χ2v) is 4.27. The molecule has 5 nitrogen and oxygen atoms in total. The van der Waals surface area contributed by atoms with Gasteiger partial charge in [0.1, 0.15) is 12.2 Å². The fourth-order valence-electron chi connectivity index (χ4n) is 1.29. The lowest BCUT2D eigenvalue weighted by Crippen LogP contribution is -2.28. The zero-order valence-corrected chi connectivity index (χ0v) is 9.40. The van der Waals surface area contributed by atoms with E-state index < -0.39 is 11.4 Å². The topological polar surface area (TPSA) is 68.0 Å². The second-order valence-electron chi connectivity index (χ2n) is 4.27. The molecular formula is C10H17N3O2. The first-order chi connectivity index (χ1) is 6.97. The highest BCUT2D eigenvalue weighted by Crippen LogP contribution is 2.20. The fourth-order valence-corrected chi connectivity index (χ4v) is 1.29. The molecule has 0 spiro atoms. The van der Waals surface area contributed by atoms with Gasteiger partial charge in [-0.1, -0.05) is 6.92 Å². The Kier molecular flexibility index (Phi) is 3.44. The van der Waals surface area contributed by atoms with Crippen LogP contribution in [-0.2, 0) is 17.8 Å². The van der Waals surface area contributed by atoms with Crippen molar-refractivity contribution in [3.8, 4) is 0 Å². The molecule has 0 bridgehead atoms. The highest BCUT2D eigenvalue weighted by molar-refractivity contribution is 5.73. The molecule has 0 saturated carbocycles. The number of rotatable bonds is 5. The Morgan fingerprint density at radius 2 is 2.27 bits per heavy atom. The molecule has 0 fully saturated rings. The van der Waals surface area contributed by atoms with Crippen LogP contribution < -0.4 is 0 Å². The van der Waals surface area contributed by atoms with Crippen molar-refractivity contribution in [2.45, 2.75) is 40.2 Å². The van der Waals surface area contributed by atoms with Crippen LogP contribution in [0.3, 0.4) is 0 Å². The van der Waals surface area contributed by atoms with E-state index in [1.165, 1.54) is 6.33 Å². The molecule has 0 aliphatic carbocycles. The van der Waals surface area contributed by atoms with Crippen LogP contribution in [0.25, 0.3) is 0 Å². The standard InChI is InChI=1S/C10H17N3O2/c1-4-5-13-8(11-7-12-13)6-10(2,3)9(14)15/h7H,4-6H2,1-3H3,(H,14,15). The SMILES string of the molecule is CCCn1ncnc1CC(C)(C)C(=O)O. The van der Waals surface area contributed by atoms with E-state index in [2.05, 4.69) is 10.1 Å². The summed E-state index contributed by atoms with van der Waals surface area (Å²) in [5.74, 6) is -0.0715. The van der Waals surface area contributed by atoms with Gasteiger partial charge in [-0.3, -0.25) is 9.48 Å². The van der Waals surface area contributed by atoms with E-state index in [4.69, 9.17) is 5.11 Å². The molecule has 0 unspecified atom stereocenters. The zero-order chi connectivity index (χ0) is 11.5. The third-order valence-electron chi connectivity index (χ3n) is 2.31. The molecule has 0 aliphatic rings. The van der Waals surface area contributed by atoms with Gasteiger partial charge in [0.05, 0.1) is 5.41 Å². The molecule has 0 saturated heterocycles. The summed E-state index contributed by atoms with van der Waals surface area (Å²) < 4.78 is 1.77. The van der Waals surface area contributed by atoms with Crippen molar-refractivity contribution in [2.75, 3.05) is 0 Å². The summed E-state index contributed by atoms with van der Waals surface area (Å²) in [5.41, 5.74) is -0.793. The monoisotopic (exact) mass is 211 g/mol. The van der Waals surface area contributed by atoms with Crippen molar-refractivity contribution in [1.82, 2.24) is 14.8 Å². The predicted molar refractivity (Wildman–Crippen MR) is 55.4 cm³/mol. The molecule has 0 aromatic carbocycles. The molecule has 5 heteroatoms. The van der Waals surface area contributed by atoms with Crippen LogP contribution in [-0.4, -0.2) is 25.8 Å². The van der Waals surface area contributed by atoms with Crippen molar-refractivity contribution >= 4 is 5.97 Å². The largest absolute Gasteiger partial charge is 0.481 e. The van der Waals surface area contributed by atoms with Gasteiger partial charge < -0.3 is 5.11 Å². The van der Waals surface area contributed by atoms with Gasteiger partial charge in [0.15, 0.2) is 0 Å². The molecule has 1 aromatic rings. The van der Waals surface area contributed by atoms with E-state index >= 15 is 0 Å². The summed E-state index contributed by atoms with van der Waals surface area (Å²) in [6, 6.07) is 0. The fraction of sp³-hybridized carbons (Fsp3) is 0.700. The number of hydrogen-bond acceptors (Lipinski definition) is 3. The maximum absolute atomic E-state index is 11.0. The Balaban J connectivity index is 2.80. The first-order valence-electron chi connectivity index (χ1n) is 5.07. The Morgan fingerprint density at radius 1 is 1.60 bits per heavy atom. The number of carboxylic acids is 1. The predicted octanol–water partition coefficient (Wildman–Crippen LogP) is 1.34. The highest BCUT2D eigenvalue weighted by Gasteiger charge is 2.29. The average Bonchev–Trinajstić information content (AvgIpc) is 2.52. The minimum atomic E-state index is -0.812. The number of carboxylic acid groups (broad SMARTS) is 1. The van der Waals surface area contributed by atoms with Crippen LogP contribution in [0.5, 0.6) is 0 Å². The van der Waals surface area contributed by atoms with E-state index in [9.17, 15) is 4.79 Å². The van der Waals surface area contributed by atoms with Gasteiger partial charge in [0.2, 0.25) is 0 Å². The summed E-state index contributed by atoms with van der Waals surface area (Å²) in [6.45, 7) is 6.22. The van der Waals surface area contributed by atoms with Gasteiger partial charge in [-0.2, -0.15) is 5.10 Å². The van der Waals surface area contributed by atoms with Gasteiger partial charge in [-0.25, -0.2) is 4.98 Å². The molecular weight excluding hydrogens is 194 g/mol. The number of aryl methyl sites for hydroxylation is 1. The van der Waals surface area contributed by atoms with Gasteiger partial charge in [-0.05, 0) is 20.3 Å². The van der Waals surface area contributed by atoms with Gasteiger partial charge >= 0.3 is 5.97 Å². The lowest BCUT2D eigenvalue weighted by Gasteiger charge is -2.18. The Bertz CT molecular complexity index is 344. The van der Waals surface area contributed by atoms with E-state index in [1.54, 1.807) is 18.5 Å². The lowest BCUT2D eigenvalue weighted by atomic mass is 9.89. The van der Waals surface area contributed by atoms with Crippen LogP contribution in [0.1, 0.15) is 33.0 Å². The summed E-state index contributed by atoms with van der Waals surface area (Å²) in [5, 5.41) is 13.1. The summed E-state index contributed by atoms with van der Waals surface area (Å²) >= 11 is 0. The summed E-state index contributed by atoms with van der Waals surface area (Å²) in [6.07, 6.45) is 2.84. The number of hydrogen-bond donors (Lipinski definition) is 1. The normalized spacial score (nSPS) is 11.7. The minimum absolute atomic E-state index is 0.405.